The fourth-order valence-electron chi connectivity index (χ4n) is 1.84. The van der Waals surface area contributed by atoms with E-state index in [2.05, 4.69) is 27.3 Å². The maximum absolute atomic E-state index is 10.9. The van der Waals surface area contributed by atoms with Crippen molar-refractivity contribution in [1.82, 2.24) is 0 Å². The Kier molecular flexibility index (Phi) is 4.27. The van der Waals surface area contributed by atoms with Crippen LogP contribution < -0.4 is 5.32 Å². The highest BCUT2D eigenvalue weighted by Crippen LogP contribution is 2.24. The van der Waals surface area contributed by atoms with Crippen molar-refractivity contribution < 1.29 is 9.90 Å². The molecule has 1 heterocycles. The van der Waals surface area contributed by atoms with E-state index in [0.717, 1.165) is 20.6 Å². The van der Waals surface area contributed by atoms with Crippen LogP contribution in [0.5, 0.6) is 0 Å². The number of carboxylic acid groups (broad SMARTS) is 1. The zero-order valence-corrected chi connectivity index (χ0v) is 13.1. The van der Waals surface area contributed by atoms with Crippen LogP contribution in [0, 0.1) is 13.8 Å². The van der Waals surface area contributed by atoms with Gasteiger partial charge in [-0.3, -0.25) is 0 Å². The molecule has 2 rings (SSSR count). The maximum Gasteiger partial charge on any atom is 0.345 e. The largest absolute Gasteiger partial charge is 0.477 e. The van der Waals surface area contributed by atoms with E-state index in [1.165, 1.54) is 16.9 Å². The second kappa shape index (κ2) is 5.75. The topological polar surface area (TPSA) is 49.3 Å². The van der Waals surface area contributed by atoms with E-state index >= 15 is 0 Å². The molecule has 5 heteroatoms. The Labute approximate surface area is 124 Å². The first-order chi connectivity index (χ1) is 8.95. The molecule has 0 radical (unpaired) electrons. The predicted octanol–water partition coefficient (Wildman–Crippen LogP) is 4.44. The van der Waals surface area contributed by atoms with Gasteiger partial charge in [-0.25, -0.2) is 4.79 Å². The van der Waals surface area contributed by atoms with Gasteiger partial charge in [0.15, 0.2) is 0 Å². The van der Waals surface area contributed by atoms with Crippen LogP contribution in [0.4, 0.5) is 5.69 Å². The van der Waals surface area contributed by atoms with Gasteiger partial charge < -0.3 is 10.4 Å². The van der Waals surface area contributed by atoms with Gasteiger partial charge in [0.25, 0.3) is 0 Å². The van der Waals surface area contributed by atoms with Crippen LogP contribution in [-0.2, 0) is 6.54 Å². The van der Waals surface area contributed by atoms with Gasteiger partial charge in [0, 0.05) is 21.6 Å². The quantitative estimate of drug-likeness (QED) is 0.865. The van der Waals surface area contributed by atoms with Crippen molar-refractivity contribution in [3.63, 3.8) is 0 Å². The smallest absolute Gasteiger partial charge is 0.345 e. The van der Waals surface area contributed by atoms with Gasteiger partial charge in [-0.2, -0.15) is 0 Å². The van der Waals surface area contributed by atoms with Gasteiger partial charge in [0.1, 0.15) is 4.88 Å². The molecule has 0 aliphatic heterocycles. The third-order valence-electron chi connectivity index (χ3n) is 2.76. The summed E-state index contributed by atoms with van der Waals surface area (Å²) in [5.41, 5.74) is 3.22. The summed E-state index contributed by atoms with van der Waals surface area (Å²) in [7, 11) is 0. The molecular weight excluding hydrogens is 326 g/mol. The summed E-state index contributed by atoms with van der Waals surface area (Å²) >= 11 is 4.78. The highest BCUT2D eigenvalue weighted by atomic mass is 79.9. The number of rotatable bonds is 4. The minimum atomic E-state index is -0.863. The standard InChI is InChI=1S/C14H14BrNO2S/c1-8-3-11(15)6-12(4-8)16-7-10-5-13(14(17)18)19-9(10)2/h3-6,16H,7H2,1-2H3,(H,17,18). The van der Waals surface area contributed by atoms with Crippen molar-refractivity contribution >= 4 is 38.9 Å². The van der Waals surface area contributed by atoms with Crippen molar-refractivity contribution in [1.29, 1.82) is 0 Å². The van der Waals surface area contributed by atoms with E-state index in [1.807, 2.05) is 26.0 Å². The Hall–Kier alpha value is -1.33. The van der Waals surface area contributed by atoms with Crippen molar-refractivity contribution in [2.45, 2.75) is 20.4 Å². The number of carbonyl (C=O) groups is 1. The minimum absolute atomic E-state index is 0.389. The first-order valence-electron chi connectivity index (χ1n) is 5.79. The number of aryl methyl sites for hydroxylation is 2. The fraction of sp³-hybridized carbons (Fsp3) is 0.214. The number of aromatic carboxylic acids is 1. The number of hydrogen-bond acceptors (Lipinski definition) is 3. The van der Waals surface area contributed by atoms with E-state index in [9.17, 15) is 4.79 Å². The average Bonchev–Trinajstić information content (AvgIpc) is 2.67. The van der Waals surface area contributed by atoms with Crippen LogP contribution in [0.15, 0.2) is 28.7 Å². The van der Waals surface area contributed by atoms with Gasteiger partial charge in [0.2, 0.25) is 0 Å². The molecule has 3 nitrogen and oxygen atoms in total. The normalized spacial score (nSPS) is 10.5. The third-order valence-corrected chi connectivity index (χ3v) is 4.30. The fourth-order valence-corrected chi connectivity index (χ4v) is 3.32. The van der Waals surface area contributed by atoms with Gasteiger partial charge in [-0.05, 0) is 49.2 Å². The molecule has 0 saturated heterocycles. The molecule has 0 fully saturated rings. The molecular formula is C14H14BrNO2S. The highest BCUT2D eigenvalue weighted by Gasteiger charge is 2.10. The Morgan fingerprint density at radius 1 is 1.32 bits per heavy atom. The first kappa shape index (κ1) is 14.1. The number of benzene rings is 1. The zero-order valence-electron chi connectivity index (χ0n) is 10.7. The summed E-state index contributed by atoms with van der Waals surface area (Å²) in [6.45, 7) is 4.61. The second-order valence-corrected chi connectivity index (χ2v) is 6.54. The molecule has 0 spiro atoms. The molecule has 100 valence electrons. The van der Waals surface area contributed by atoms with Crippen LogP contribution in [-0.4, -0.2) is 11.1 Å². The number of hydrogen-bond donors (Lipinski definition) is 2. The lowest BCUT2D eigenvalue weighted by Crippen LogP contribution is -2.00. The summed E-state index contributed by atoms with van der Waals surface area (Å²) in [6.07, 6.45) is 0. The molecule has 0 bridgehead atoms. The van der Waals surface area contributed by atoms with Crippen molar-refractivity contribution in [2.24, 2.45) is 0 Å². The van der Waals surface area contributed by atoms with Crippen LogP contribution in [0.1, 0.15) is 25.7 Å². The highest BCUT2D eigenvalue weighted by molar-refractivity contribution is 9.10. The first-order valence-corrected chi connectivity index (χ1v) is 7.40. The summed E-state index contributed by atoms with van der Waals surface area (Å²) in [6, 6.07) is 7.85. The van der Waals surface area contributed by atoms with Crippen molar-refractivity contribution in [2.75, 3.05) is 5.32 Å². The SMILES string of the molecule is Cc1cc(Br)cc(NCc2cc(C(=O)O)sc2C)c1. The van der Waals surface area contributed by atoms with Gasteiger partial charge in [-0.1, -0.05) is 15.9 Å². The van der Waals surface area contributed by atoms with Crippen molar-refractivity contribution in [3.8, 4) is 0 Å². The van der Waals surface area contributed by atoms with Gasteiger partial charge in [0.05, 0.1) is 0 Å². The number of carboxylic acids is 1. The molecule has 0 aliphatic carbocycles. The molecule has 0 amide bonds. The predicted molar refractivity (Wildman–Crippen MR) is 82.2 cm³/mol. The molecule has 19 heavy (non-hydrogen) atoms. The number of halogens is 1. The summed E-state index contributed by atoms with van der Waals surface area (Å²) < 4.78 is 1.03. The minimum Gasteiger partial charge on any atom is -0.477 e. The summed E-state index contributed by atoms with van der Waals surface area (Å²) in [5, 5.41) is 12.3. The monoisotopic (exact) mass is 339 g/mol. The zero-order chi connectivity index (χ0) is 14.0. The number of thiophene rings is 1. The van der Waals surface area contributed by atoms with E-state index < -0.39 is 5.97 Å². The van der Waals surface area contributed by atoms with E-state index in [4.69, 9.17) is 5.11 Å². The molecule has 2 aromatic rings. The van der Waals surface area contributed by atoms with Crippen LogP contribution in [0.2, 0.25) is 0 Å². The van der Waals surface area contributed by atoms with Crippen LogP contribution in [0.3, 0.4) is 0 Å². The lowest BCUT2D eigenvalue weighted by atomic mass is 10.2. The van der Waals surface area contributed by atoms with Crippen LogP contribution >= 0.6 is 27.3 Å². The summed E-state index contributed by atoms with van der Waals surface area (Å²) in [5.74, 6) is -0.863. The summed E-state index contributed by atoms with van der Waals surface area (Å²) in [4.78, 5) is 12.3. The second-order valence-electron chi connectivity index (χ2n) is 4.37. The molecule has 1 aromatic heterocycles. The van der Waals surface area contributed by atoms with Crippen molar-refractivity contribution in [3.05, 3.63) is 49.6 Å². The maximum atomic E-state index is 10.9. The number of nitrogens with one attached hydrogen (secondary N) is 1. The molecule has 1 aromatic carbocycles. The van der Waals surface area contributed by atoms with Gasteiger partial charge >= 0.3 is 5.97 Å². The molecule has 0 aliphatic rings. The third kappa shape index (κ3) is 3.58. The van der Waals surface area contributed by atoms with E-state index in [0.29, 0.717) is 11.4 Å². The lowest BCUT2D eigenvalue weighted by molar-refractivity contribution is 0.0702. The molecule has 0 saturated carbocycles. The Morgan fingerprint density at radius 3 is 2.63 bits per heavy atom. The lowest BCUT2D eigenvalue weighted by Gasteiger charge is -2.07. The number of anilines is 1. The van der Waals surface area contributed by atoms with Gasteiger partial charge in [-0.15, -0.1) is 11.3 Å². The molecule has 0 atom stereocenters. The molecule has 0 unspecified atom stereocenters. The Morgan fingerprint density at radius 2 is 2.05 bits per heavy atom. The Balaban J connectivity index is 2.12. The molecule has 2 N–H and O–H groups in total. The Bertz CT molecular complexity index is 602. The van der Waals surface area contributed by atoms with E-state index in [-0.39, 0.29) is 0 Å². The average molecular weight is 340 g/mol. The van der Waals surface area contributed by atoms with E-state index in [1.54, 1.807) is 6.07 Å². The van der Waals surface area contributed by atoms with Crippen LogP contribution in [0.25, 0.3) is 0 Å².